The summed E-state index contributed by atoms with van der Waals surface area (Å²) in [6.07, 6.45) is 0.883. The molecule has 1 aromatic carbocycles. The average Bonchev–Trinajstić information content (AvgIpc) is 2.40. The second kappa shape index (κ2) is 6.26. The number of pyridine rings is 1. The normalized spacial score (nSPS) is 10.2. The Balaban J connectivity index is 1.86. The van der Waals surface area contributed by atoms with Crippen molar-refractivity contribution in [1.29, 1.82) is 0 Å². The summed E-state index contributed by atoms with van der Waals surface area (Å²) in [6, 6.07) is 15.9. The summed E-state index contributed by atoms with van der Waals surface area (Å²) in [6.45, 7) is 0.628. The van der Waals surface area contributed by atoms with Gasteiger partial charge < -0.3 is 4.74 Å². The monoisotopic (exact) mass is 247 g/mol. The third-order valence-electron chi connectivity index (χ3n) is 2.40. The van der Waals surface area contributed by atoms with Gasteiger partial charge in [0.2, 0.25) is 5.88 Å². The lowest BCUT2D eigenvalue weighted by molar-refractivity contribution is 0.309. The number of halogens is 1. The van der Waals surface area contributed by atoms with Crippen LogP contribution in [-0.4, -0.2) is 11.6 Å². The van der Waals surface area contributed by atoms with Gasteiger partial charge in [-0.2, -0.15) is 0 Å². The number of alkyl halides is 1. The Morgan fingerprint density at radius 3 is 2.59 bits per heavy atom. The first-order valence-corrected chi connectivity index (χ1v) is 6.10. The maximum Gasteiger partial charge on any atom is 0.213 e. The number of ether oxygens (including phenoxy) is 1. The first-order valence-electron chi connectivity index (χ1n) is 5.57. The number of hydrogen-bond donors (Lipinski definition) is 0. The van der Waals surface area contributed by atoms with E-state index in [0.29, 0.717) is 18.4 Å². The van der Waals surface area contributed by atoms with Crippen LogP contribution in [0.15, 0.2) is 48.5 Å². The van der Waals surface area contributed by atoms with E-state index >= 15 is 0 Å². The van der Waals surface area contributed by atoms with E-state index in [4.69, 9.17) is 16.3 Å². The summed E-state index contributed by atoms with van der Waals surface area (Å²) < 4.78 is 5.58. The summed E-state index contributed by atoms with van der Waals surface area (Å²) in [5.41, 5.74) is 2.10. The van der Waals surface area contributed by atoms with Crippen LogP contribution in [0.25, 0.3) is 0 Å². The lowest BCUT2D eigenvalue weighted by atomic mass is 10.2. The molecule has 0 atom stereocenters. The molecule has 0 fully saturated rings. The van der Waals surface area contributed by atoms with Gasteiger partial charge in [0.05, 0.1) is 18.2 Å². The highest BCUT2D eigenvalue weighted by molar-refractivity contribution is 6.16. The van der Waals surface area contributed by atoms with Gasteiger partial charge in [0, 0.05) is 12.5 Å². The summed E-state index contributed by atoms with van der Waals surface area (Å²) in [5, 5.41) is 0. The van der Waals surface area contributed by atoms with Crippen molar-refractivity contribution in [2.45, 2.75) is 12.3 Å². The van der Waals surface area contributed by atoms with Gasteiger partial charge in [-0.05, 0) is 11.6 Å². The molecule has 0 aliphatic rings. The Hall–Kier alpha value is -1.54. The Bertz CT molecular complexity index is 459. The molecule has 3 heteroatoms. The fourth-order valence-corrected chi connectivity index (χ4v) is 1.68. The molecule has 1 heterocycles. The largest absolute Gasteiger partial charge is 0.477 e. The van der Waals surface area contributed by atoms with Crippen molar-refractivity contribution >= 4 is 11.6 Å². The van der Waals surface area contributed by atoms with Crippen molar-refractivity contribution in [2.75, 3.05) is 6.61 Å². The predicted molar refractivity (Wildman–Crippen MR) is 69.4 cm³/mol. The number of benzene rings is 1. The molecule has 17 heavy (non-hydrogen) atoms. The summed E-state index contributed by atoms with van der Waals surface area (Å²) in [4.78, 5) is 4.27. The maximum atomic E-state index is 5.71. The van der Waals surface area contributed by atoms with E-state index in [1.165, 1.54) is 5.56 Å². The minimum Gasteiger partial charge on any atom is -0.477 e. The second-order valence-electron chi connectivity index (χ2n) is 3.68. The minimum absolute atomic E-state index is 0.413. The van der Waals surface area contributed by atoms with Gasteiger partial charge in [0.1, 0.15) is 0 Å². The van der Waals surface area contributed by atoms with Gasteiger partial charge in [0.15, 0.2) is 0 Å². The fraction of sp³-hybridized carbons (Fsp3) is 0.214. The topological polar surface area (TPSA) is 22.1 Å². The summed E-state index contributed by atoms with van der Waals surface area (Å²) in [7, 11) is 0. The molecule has 2 rings (SSSR count). The molecule has 0 N–H and O–H groups in total. The van der Waals surface area contributed by atoms with Crippen molar-refractivity contribution < 1.29 is 4.74 Å². The van der Waals surface area contributed by atoms with Crippen LogP contribution in [0.1, 0.15) is 11.3 Å². The smallest absolute Gasteiger partial charge is 0.213 e. The fourth-order valence-electron chi connectivity index (χ4n) is 1.53. The molecule has 2 aromatic rings. The molecule has 0 radical (unpaired) electrons. The molecule has 88 valence electrons. The number of aromatic nitrogens is 1. The Labute approximate surface area is 106 Å². The van der Waals surface area contributed by atoms with Crippen molar-refractivity contribution in [3.63, 3.8) is 0 Å². The molecule has 0 unspecified atom stereocenters. The first-order chi connectivity index (χ1) is 8.38. The van der Waals surface area contributed by atoms with Crippen LogP contribution < -0.4 is 4.74 Å². The molecule has 0 bridgehead atoms. The Morgan fingerprint density at radius 2 is 1.82 bits per heavy atom. The standard InChI is InChI=1S/C14H14ClNO/c15-11-13-7-4-8-14(16-13)17-10-9-12-5-2-1-3-6-12/h1-8H,9-11H2. The third kappa shape index (κ3) is 3.75. The van der Waals surface area contributed by atoms with E-state index in [-0.39, 0.29) is 0 Å². The molecular weight excluding hydrogens is 234 g/mol. The highest BCUT2D eigenvalue weighted by atomic mass is 35.5. The summed E-state index contributed by atoms with van der Waals surface area (Å²) in [5.74, 6) is 1.05. The van der Waals surface area contributed by atoms with Crippen molar-refractivity contribution in [1.82, 2.24) is 4.98 Å². The van der Waals surface area contributed by atoms with Gasteiger partial charge in [-0.15, -0.1) is 11.6 Å². The second-order valence-corrected chi connectivity index (χ2v) is 3.95. The van der Waals surface area contributed by atoms with Crippen molar-refractivity contribution in [3.8, 4) is 5.88 Å². The van der Waals surface area contributed by atoms with Crippen LogP contribution >= 0.6 is 11.6 Å². The van der Waals surface area contributed by atoms with Gasteiger partial charge in [0.25, 0.3) is 0 Å². The van der Waals surface area contributed by atoms with Crippen LogP contribution in [0.3, 0.4) is 0 Å². The minimum atomic E-state index is 0.413. The van der Waals surface area contributed by atoms with E-state index in [1.54, 1.807) is 0 Å². The Morgan fingerprint density at radius 1 is 1.00 bits per heavy atom. The summed E-state index contributed by atoms with van der Waals surface area (Å²) >= 11 is 5.71. The van der Waals surface area contributed by atoms with Crippen LogP contribution in [0, 0.1) is 0 Å². The highest BCUT2D eigenvalue weighted by Gasteiger charge is 1.98. The zero-order chi connectivity index (χ0) is 11.9. The van der Waals surface area contributed by atoms with E-state index in [2.05, 4.69) is 17.1 Å². The van der Waals surface area contributed by atoms with Gasteiger partial charge >= 0.3 is 0 Å². The molecule has 0 aliphatic carbocycles. The molecule has 0 aliphatic heterocycles. The van der Waals surface area contributed by atoms with Crippen molar-refractivity contribution in [3.05, 3.63) is 59.8 Å². The number of nitrogens with zero attached hydrogens (tertiary/aromatic N) is 1. The average molecular weight is 248 g/mol. The quantitative estimate of drug-likeness (QED) is 0.755. The lowest BCUT2D eigenvalue weighted by Gasteiger charge is -2.06. The molecule has 0 spiro atoms. The number of rotatable bonds is 5. The maximum absolute atomic E-state index is 5.71. The van der Waals surface area contributed by atoms with Crippen LogP contribution in [0.4, 0.5) is 0 Å². The Kier molecular flexibility index (Phi) is 4.39. The zero-order valence-corrected chi connectivity index (χ0v) is 10.2. The van der Waals surface area contributed by atoms with Gasteiger partial charge in [-0.3, -0.25) is 0 Å². The van der Waals surface area contributed by atoms with E-state index in [0.717, 1.165) is 12.1 Å². The van der Waals surface area contributed by atoms with Crippen molar-refractivity contribution in [2.24, 2.45) is 0 Å². The van der Waals surface area contributed by atoms with E-state index < -0.39 is 0 Å². The van der Waals surface area contributed by atoms with E-state index in [1.807, 2.05) is 36.4 Å². The number of hydrogen-bond acceptors (Lipinski definition) is 2. The van der Waals surface area contributed by atoms with Crippen LogP contribution in [0.2, 0.25) is 0 Å². The van der Waals surface area contributed by atoms with Crippen LogP contribution in [-0.2, 0) is 12.3 Å². The molecule has 2 nitrogen and oxygen atoms in total. The first kappa shape index (κ1) is 11.9. The third-order valence-corrected chi connectivity index (χ3v) is 2.68. The SMILES string of the molecule is ClCc1cccc(OCCc2ccccc2)n1. The van der Waals surface area contributed by atoms with Crippen LogP contribution in [0.5, 0.6) is 5.88 Å². The molecule has 1 aromatic heterocycles. The zero-order valence-electron chi connectivity index (χ0n) is 9.47. The van der Waals surface area contributed by atoms with Gasteiger partial charge in [-0.1, -0.05) is 36.4 Å². The lowest BCUT2D eigenvalue weighted by Crippen LogP contribution is -2.03. The molecule has 0 saturated carbocycles. The van der Waals surface area contributed by atoms with E-state index in [9.17, 15) is 0 Å². The molecular formula is C14H14ClNO. The molecule has 0 amide bonds. The molecule has 0 saturated heterocycles. The van der Waals surface area contributed by atoms with Gasteiger partial charge in [-0.25, -0.2) is 4.98 Å². The highest BCUT2D eigenvalue weighted by Crippen LogP contribution is 2.10. The predicted octanol–water partition coefficient (Wildman–Crippen LogP) is 3.44.